The first-order valence-corrected chi connectivity index (χ1v) is 8.73. The van der Waals surface area contributed by atoms with Crippen molar-refractivity contribution in [1.29, 1.82) is 0 Å². The van der Waals surface area contributed by atoms with E-state index in [2.05, 4.69) is 10.3 Å². The Labute approximate surface area is 135 Å². The van der Waals surface area contributed by atoms with Gasteiger partial charge in [0.25, 0.3) is 0 Å². The van der Waals surface area contributed by atoms with Gasteiger partial charge in [-0.1, -0.05) is 31.0 Å². The third-order valence-electron chi connectivity index (χ3n) is 3.58. The lowest BCUT2D eigenvalue weighted by atomic mass is 9.95. The van der Waals surface area contributed by atoms with Gasteiger partial charge >= 0.3 is 5.97 Å². The molecule has 22 heavy (non-hydrogen) atoms. The number of aromatic nitrogens is 1. The summed E-state index contributed by atoms with van der Waals surface area (Å²) in [4.78, 5) is 28.0. The average molecular weight is 322 g/mol. The SMILES string of the molecule is CCOC(=O)c1cccnc1SCC(=O)NC1CCCCC1. The number of pyridine rings is 1. The molecule has 1 fully saturated rings. The molecule has 120 valence electrons. The maximum atomic E-state index is 12.0. The molecule has 1 aliphatic carbocycles. The standard InChI is InChI=1S/C16H22N2O3S/c1-2-21-16(20)13-9-6-10-17-15(13)22-11-14(19)18-12-7-4-3-5-8-12/h6,9-10,12H,2-5,7-8,11H2,1H3,(H,18,19). The van der Waals surface area contributed by atoms with Crippen molar-refractivity contribution in [1.82, 2.24) is 10.3 Å². The third-order valence-corrected chi connectivity index (χ3v) is 4.58. The number of hydrogen-bond acceptors (Lipinski definition) is 5. The normalized spacial score (nSPS) is 15.3. The minimum Gasteiger partial charge on any atom is -0.462 e. The van der Waals surface area contributed by atoms with Gasteiger partial charge in [0.15, 0.2) is 0 Å². The number of hydrogen-bond donors (Lipinski definition) is 1. The smallest absolute Gasteiger partial charge is 0.340 e. The second-order valence-electron chi connectivity index (χ2n) is 5.27. The first-order chi connectivity index (χ1) is 10.7. The summed E-state index contributed by atoms with van der Waals surface area (Å²) in [5.74, 6) is -0.136. The Morgan fingerprint density at radius 3 is 2.86 bits per heavy atom. The molecular formula is C16H22N2O3S. The van der Waals surface area contributed by atoms with E-state index >= 15 is 0 Å². The van der Waals surface area contributed by atoms with Crippen molar-refractivity contribution in [3.63, 3.8) is 0 Å². The molecule has 0 unspecified atom stereocenters. The van der Waals surface area contributed by atoms with E-state index in [1.165, 1.54) is 31.0 Å². The molecule has 5 nitrogen and oxygen atoms in total. The number of ether oxygens (including phenoxy) is 1. The van der Waals surface area contributed by atoms with Crippen LogP contribution in [0.2, 0.25) is 0 Å². The number of nitrogens with one attached hydrogen (secondary N) is 1. The molecule has 0 aliphatic heterocycles. The van der Waals surface area contributed by atoms with E-state index in [0.717, 1.165) is 12.8 Å². The van der Waals surface area contributed by atoms with Crippen molar-refractivity contribution >= 4 is 23.6 Å². The molecule has 0 radical (unpaired) electrons. The molecule has 0 saturated heterocycles. The second-order valence-corrected chi connectivity index (χ2v) is 6.23. The van der Waals surface area contributed by atoms with Crippen LogP contribution in [0, 0.1) is 0 Å². The van der Waals surface area contributed by atoms with Crippen molar-refractivity contribution in [3.05, 3.63) is 23.9 Å². The summed E-state index contributed by atoms with van der Waals surface area (Å²) in [6, 6.07) is 3.67. The maximum Gasteiger partial charge on any atom is 0.340 e. The van der Waals surface area contributed by atoms with Crippen LogP contribution in [0.25, 0.3) is 0 Å². The molecule has 1 heterocycles. The third kappa shape index (κ3) is 5.02. The molecule has 1 aliphatic rings. The summed E-state index contributed by atoms with van der Waals surface area (Å²) in [6.45, 7) is 2.08. The number of amides is 1. The van der Waals surface area contributed by atoms with Crippen molar-refractivity contribution in [3.8, 4) is 0 Å². The van der Waals surface area contributed by atoms with E-state index < -0.39 is 5.97 Å². The summed E-state index contributed by atoms with van der Waals surface area (Å²) < 4.78 is 5.00. The lowest BCUT2D eigenvalue weighted by Crippen LogP contribution is -2.37. The minimum absolute atomic E-state index is 0.00244. The Morgan fingerprint density at radius 2 is 2.14 bits per heavy atom. The topological polar surface area (TPSA) is 68.3 Å². The second kappa shape index (κ2) is 8.78. The van der Waals surface area contributed by atoms with Crippen molar-refractivity contribution in [2.45, 2.75) is 50.1 Å². The minimum atomic E-state index is -0.397. The van der Waals surface area contributed by atoms with E-state index in [1.807, 2.05) is 0 Å². The molecule has 0 atom stereocenters. The molecule has 1 aromatic rings. The van der Waals surface area contributed by atoms with Crippen LogP contribution >= 0.6 is 11.8 Å². The zero-order valence-corrected chi connectivity index (χ0v) is 13.7. The van der Waals surface area contributed by atoms with Crippen molar-refractivity contribution < 1.29 is 14.3 Å². The van der Waals surface area contributed by atoms with Gasteiger partial charge in [0.1, 0.15) is 5.03 Å². The number of thioether (sulfide) groups is 1. The number of carbonyl (C=O) groups excluding carboxylic acids is 2. The number of nitrogens with zero attached hydrogens (tertiary/aromatic N) is 1. The summed E-state index contributed by atoms with van der Waals surface area (Å²) in [5, 5.41) is 3.60. The van der Waals surface area contributed by atoms with Crippen LogP contribution in [0.15, 0.2) is 23.4 Å². The van der Waals surface area contributed by atoms with Crippen LogP contribution in [0.4, 0.5) is 0 Å². The zero-order chi connectivity index (χ0) is 15.8. The van der Waals surface area contributed by atoms with Gasteiger partial charge in [-0.05, 0) is 31.9 Å². The van der Waals surface area contributed by atoms with E-state index in [0.29, 0.717) is 23.2 Å². The van der Waals surface area contributed by atoms with Crippen LogP contribution in [-0.2, 0) is 9.53 Å². The molecular weight excluding hydrogens is 300 g/mol. The molecule has 1 N–H and O–H groups in total. The number of carbonyl (C=O) groups is 2. The van der Waals surface area contributed by atoms with Gasteiger partial charge in [-0.25, -0.2) is 9.78 Å². The maximum absolute atomic E-state index is 12.0. The predicted molar refractivity (Wildman–Crippen MR) is 85.9 cm³/mol. The van der Waals surface area contributed by atoms with Gasteiger partial charge in [0.05, 0.1) is 17.9 Å². The highest BCUT2D eigenvalue weighted by Gasteiger charge is 2.18. The fraction of sp³-hybridized carbons (Fsp3) is 0.562. The Kier molecular flexibility index (Phi) is 6.71. The summed E-state index contributed by atoms with van der Waals surface area (Å²) in [6.07, 6.45) is 7.38. The quantitative estimate of drug-likeness (QED) is 0.644. The molecule has 2 rings (SSSR count). The molecule has 0 spiro atoms. The van der Waals surface area contributed by atoms with Gasteiger partial charge in [-0.2, -0.15) is 0 Å². The van der Waals surface area contributed by atoms with Gasteiger partial charge in [0, 0.05) is 12.2 Å². The Balaban J connectivity index is 1.88. The van der Waals surface area contributed by atoms with Crippen LogP contribution in [0.5, 0.6) is 0 Å². The summed E-state index contributed by atoms with van der Waals surface area (Å²) in [5.41, 5.74) is 0.416. The largest absolute Gasteiger partial charge is 0.462 e. The first kappa shape index (κ1) is 16.8. The highest BCUT2D eigenvalue weighted by molar-refractivity contribution is 8.00. The van der Waals surface area contributed by atoms with Crippen molar-refractivity contribution in [2.24, 2.45) is 0 Å². The van der Waals surface area contributed by atoms with E-state index in [1.54, 1.807) is 25.3 Å². The Hall–Kier alpha value is -1.56. The lowest BCUT2D eigenvalue weighted by Gasteiger charge is -2.22. The van der Waals surface area contributed by atoms with Gasteiger partial charge in [-0.15, -0.1) is 0 Å². The molecule has 0 aromatic carbocycles. The molecule has 6 heteroatoms. The highest BCUT2D eigenvalue weighted by atomic mass is 32.2. The number of rotatable bonds is 6. The fourth-order valence-corrected chi connectivity index (χ4v) is 3.31. The number of esters is 1. The lowest BCUT2D eigenvalue weighted by molar-refractivity contribution is -0.119. The Morgan fingerprint density at radius 1 is 1.36 bits per heavy atom. The zero-order valence-electron chi connectivity index (χ0n) is 12.8. The Bertz CT molecular complexity index is 516. The van der Waals surface area contributed by atoms with Crippen LogP contribution in [-0.4, -0.2) is 35.3 Å². The van der Waals surface area contributed by atoms with E-state index in [-0.39, 0.29) is 11.7 Å². The van der Waals surface area contributed by atoms with Crippen LogP contribution < -0.4 is 5.32 Å². The molecule has 0 bridgehead atoms. The molecule has 1 saturated carbocycles. The fourth-order valence-electron chi connectivity index (χ4n) is 2.52. The summed E-state index contributed by atoms with van der Waals surface area (Å²) in [7, 11) is 0. The first-order valence-electron chi connectivity index (χ1n) is 7.75. The van der Waals surface area contributed by atoms with Crippen LogP contribution in [0.1, 0.15) is 49.4 Å². The average Bonchev–Trinajstić information content (AvgIpc) is 2.54. The van der Waals surface area contributed by atoms with Gasteiger partial charge in [0.2, 0.25) is 5.91 Å². The molecule has 1 amide bonds. The van der Waals surface area contributed by atoms with Gasteiger partial charge < -0.3 is 10.1 Å². The van der Waals surface area contributed by atoms with Crippen LogP contribution in [0.3, 0.4) is 0 Å². The van der Waals surface area contributed by atoms with Gasteiger partial charge in [-0.3, -0.25) is 4.79 Å². The monoisotopic (exact) mass is 322 g/mol. The highest BCUT2D eigenvalue weighted by Crippen LogP contribution is 2.21. The van der Waals surface area contributed by atoms with E-state index in [4.69, 9.17) is 4.74 Å². The summed E-state index contributed by atoms with van der Waals surface area (Å²) >= 11 is 1.27. The van der Waals surface area contributed by atoms with E-state index in [9.17, 15) is 9.59 Å². The predicted octanol–water partition coefficient (Wildman–Crippen LogP) is 2.80. The molecule has 1 aromatic heterocycles. The van der Waals surface area contributed by atoms with Crippen molar-refractivity contribution in [2.75, 3.05) is 12.4 Å².